The second-order valence-corrected chi connectivity index (χ2v) is 7.42. The van der Waals surface area contributed by atoms with Gasteiger partial charge >= 0.3 is 5.97 Å². The first-order chi connectivity index (χ1) is 10.3. The van der Waals surface area contributed by atoms with Gasteiger partial charge in [-0.3, -0.25) is 9.69 Å². The number of likely N-dealkylation sites (N-methyl/N-ethyl adjacent to an activating group) is 1. The van der Waals surface area contributed by atoms with Gasteiger partial charge in [-0.05, 0) is 31.5 Å². The molecule has 0 spiro atoms. The molecule has 1 aliphatic rings. The molecule has 2 rings (SSSR count). The quantitative estimate of drug-likeness (QED) is 0.782. The number of carboxylic acids is 1. The highest BCUT2D eigenvalue weighted by Gasteiger charge is 2.36. The van der Waals surface area contributed by atoms with E-state index in [1.807, 2.05) is 11.8 Å². The molecule has 0 saturated heterocycles. The number of halogens is 1. The maximum atomic E-state index is 12.3. The molecule has 0 radical (unpaired) electrons. The Labute approximate surface area is 135 Å². The molecule has 2 N–H and O–H groups in total. The first-order valence-corrected chi connectivity index (χ1v) is 8.92. The van der Waals surface area contributed by atoms with Gasteiger partial charge in [-0.1, -0.05) is 30.7 Å². The topological polar surface area (TPSA) is 86.7 Å². The maximum absolute atomic E-state index is 12.3. The van der Waals surface area contributed by atoms with Crippen LogP contribution >= 0.6 is 11.6 Å². The summed E-state index contributed by atoms with van der Waals surface area (Å²) >= 11 is 5.92. The number of rotatable bonds is 7. The van der Waals surface area contributed by atoms with E-state index in [9.17, 15) is 13.2 Å². The van der Waals surface area contributed by atoms with Crippen LogP contribution in [-0.2, 0) is 14.8 Å². The van der Waals surface area contributed by atoms with E-state index >= 15 is 0 Å². The predicted molar refractivity (Wildman–Crippen MR) is 83.5 cm³/mol. The van der Waals surface area contributed by atoms with Gasteiger partial charge < -0.3 is 5.11 Å². The molecular formula is C14H19ClN2O4S. The van der Waals surface area contributed by atoms with Gasteiger partial charge in [0.25, 0.3) is 0 Å². The van der Waals surface area contributed by atoms with Crippen molar-refractivity contribution in [1.29, 1.82) is 0 Å². The second-order valence-electron chi connectivity index (χ2n) is 5.33. The highest BCUT2D eigenvalue weighted by atomic mass is 35.5. The average molecular weight is 347 g/mol. The zero-order chi connectivity index (χ0) is 16.3. The molecule has 1 saturated carbocycles. The molecule has 22 heavy (non-hydrogen) atoms. The fourth-order valence-corrected chi connectivity index (χ4v) is 4.38. The van der Waals surface area contributed by atoms with Crippen molar-refractivity contribution in [3.05, 3.63) is 29.3 Å². The lowest BCUT2D eigenvalue weighted by Crippen LogP contribution is -2.54. The molecule has 0 unspecified atom stereocenters. The number of sulfonamides is 1. The Balaban J connectivity index is 1.95. The molecule has 0 atom stereocenters. The van der Waals surface area contributed by atoms with Crippen molar-refractivity contribution in [3.8, 4) is 0 Å². The minimum Gasteiger partial charge on any atom is -0.480 e. The van der Waals surface area contributed by atoms with Crippen LogP contribution in [-0.4, -0.2) is 49.6 Å². The first-order valence-electron chi connectivity index (χ1n) is 7.06. The summed E-state index contributed by atoms with van der Waals surface area (Å²) in [5, 5.41) is 9.03. The maximum Gasteiger partial charge on any atom is 0.317 e. The number of carboxylic acid groups (broad SMARTS) is 1. The minimum atomic E-state index is -3.65. The highest BCUT2D eigenvalue weighted by molar-refractivity contribution is 7.89. The Morgan fingerprint density at radius 1 is 1.41 bits per heavy atom. The Morgan fingerprint density at radius 2 is 2.05 bits per heavy atom. The van der Waals surface area contributed by atoms with E-state index < -0.39 is 16.0 Å². The molecule has 8 heteroatoms. The second kappa shape index (κ2) is 6.95. The zero-order valence-electron chi connectivity index (χ0n) is 12.2. The summed E-state index contributed by atoms with van der Waals surface area (Å²) in [5.74, 6) is -0.873. The normalized spacial score (nSPS) is 21.6. The number of benzene rings is 1. The lowest BCUT2D eigenvalue weighted by atomic mass is 9.86. The number of aliphatic carboxylic acids is 1. The van der Waals surface area contributed by atoms with E-state index in [0.29, 0.717) is 19.4 Å². The van der Waals surface area contributed by atoms with Crippen LogP contribution in [0.25, 0.3) is 0 Å². The van der Waals surface area contributed by atoms with Crippen molar-refractivity contribution in [3.63, 3.8) is 0 Å². The third-order valence-corrected chi connectivity index (χ3v) is 5.84. The fourth-order valence-electron chi connectivity index (χ4n) is 2.60. The summed E-state index contributed by atoms with van der Waals surface area (Å²) in [7, 11) is -3.65. The molecule has 0 aromatic heterocycles. The lowest BCUT2D eigenvalue weighted by molar-refractivity contribution is -0.139. The summed E-state index contributed by atoms with van der Waals surface area (Å²) in [6.07, 6.45) is 1.20. The summed E-state index contributed by atoms with van der Waals surface area (Å²) in [6, 6.07) is 6.20. The molecule has 0 aliphatic heterocycles. The van der Waals surface area contributed by atoms with Crippen molar-refractivity contribution in [2.45, 2.75) is 36.7 Å². The predicted octanol–water partition coefficient (Wildman–Crippen LogP) is 1.56. The number of hydrogen-bond donors (Lipinski definition) is 2. The minimum absolute atomic E-state index is 0.0227. The van der Waals surface area contributed by atoms with Crippen molar-refractivity contribution in [1.82, 2.24) is 9.62 Å². The van der Waals surface area contributed by atoms with Gasteiger partial charge in [-0.15, -0.1) is 0 Å². The average Bonchev–Trinajstić information content (AvgIpc) is 2.40. The van der Waals surface area contributed by atoms with Crippen LogP contribution in [0, 0.1) is 0 Å². The first kappa shape index (κ1) is 17.2. The van der Waals surface area contributed by atoms with Crippen molar-refractivity contribution in [2.24, 2.45) is 0 Å². The number of nitrogens with zero attached hydrogens (tertiary/aromatic N) is 1. The Kier molecular flexibility index (Phi) is 5.44. The van der Waals surface area contributed by atoms with Crippen LogP contribution in [0.4, 0.5) is 0 Å². The lowest BCUT2D eigenvalue weighted by Gasteiger charge is -2.42. The largest absolute Gasteiger partial charge is 0.480 e. The molecule has 0 heterocycles. The molecule has 0 amide bonds. The smallest absolute Gasteiger partial charge is 0.317 e. The Bertz CT molecular complexity index is 644. The molecule has 1 aromatic rings. The van der Waals surface area contributed by atoms with Crippen LogP contribution in [0.15, 0.2) is 29.2 Å². The van der Waals surface area contributed by atoms with Crippen LogP contribution in [0.3, 0.4) is 0 Å². The number of hydrogen-bond acceptors (Lipinski definition) is 4. The van der Waals surface area contributed by atoms with Crippen LogP contribution in [0.5, 0.6) is 0 Å². The zero-order valence-corrected chi connectivity index (χ0v) is 13.8. The molecule has 0 bridgehead atoms. The fraction of sp³-hybridized carbons (Fsp3) is 0.500. The number of nitrogens with one attached hydrogen (secondary N) is 1. The van der Waals surface area contributed by atoms with E-state index in [2.05, 4.69) is 4.72 Å². The third kappa shape index (κ3) is 3.98. The van der Waals surface area contributed by atoms with Gasteiger partial charge in [0.05, 0.1) is 11.6 Å². The molecule has 6 nitrogen and oxygen atoms in total. The van der Waals surface area contributed by atoms with Crippen molar-refractivity contribution in [2.75, 3.05) is 13.1 Å². The SMILES string of the molecule is CCN(CC(=O)O)C1CC(NS(=O)(=O)c2ccccc2Cl)C1. The molecule has 1 aliphatic carbocycles. The summed E-state index contributed by atoms with van der Waals surface area (Å²) < 4.78 is 27.2. The van der Waals surface area contributed by atoms with Gasteiger partial charge in [-0.2, -0.15) is 0 Å². The van der Waals surface area contributed by atoms with Gasteiger partial charge in [-0.25, -0.2) is 13.1 Å². The summed E-state index contributed by atoms with van der Waals surface area (Å²) in [5.41, 5.74) is 0. The van der Waals surface area contributed by atoms with Crippen LogP contribution < -0.4 is 4.72 Å². The van der Waals surface area contributed by atoms with E-state index in [1.165, 1.54) is 12.1 Å². The molecule has 122 valence electrons. The van der Waals surface area contributed by atoms with E-state index in [4.69, 9.17) is 16.7 Å². The van der Waals surface area contributed by atoms with Gasteiger partial charge in [0.2, 0.25) is 10.0 Å². The van der Waals surface area contributed by atoms with E-state index in [1.54, 1.807) is 12.1 Å². The van der Waals surface area contributed by atoms with Gasteiger partial charge in [0.15, 0.2) is 0 Å². The van der Waals surface area contributed by atoms with E-state index in [0.717, 1.165) is 0 Å². The summed E-state index contributed by atoms with van der Waals surface area (Å²) in [6.45, 7) is 2.50. The van der Waals surface area contributed by atoms with Crippen molar-refractivity contribution >= 4 is 27.6 Å². The van der Waals surface area contributed by atoms with Gasteiger partial charge in [0.1, 0.15) is 4.90 Å². The Hall–Kier alpha value is -1.15. The standard InChI is InChI=1S/C14H19ClN2O4S/c1-2-17(9-14(18)19)11-7-10(8-11)16-22(20,21)13-6-4-3-5-12(13)15/h3-6,10-11,16H,2,7-9H2,1H3,(H,18,19). The van der Waals surface area contributed by atoms with Gasteiger partial charge in [0, 0.05) is 12.1 Å². The number of carbonyl (C=O) groups is 1. The van der Waals surface area contributed by atoms with Crippen LogP contribution in [0.2, 0.25) is 5.02 Å². The molecule has 1 aromatic carbocycles. The highest BCUT2D eigenvalue weighted by Crippen LogP contribution is 2.28. The van der Waals surface area contributed by atoms with E-state index in [-0.39, 0.29) is 28.5 Å². The third-order valence-electron chi connectivity index (χ3n) is 3.82. The van der Waals surface area contributed by atoms with Crippen LogP contribution in [0.1, 0.15) is 19.8 Å². The molecule has 1 fully saturated rings. The summed E-state index contributed by atoms with van der Waals surface area (Å²) in [4.78, 5) is 12.7. The van der Waals surface area contributed by atoms with Crippen molar-refractivity contribution < 1.29 is 18.3 Å². The monoisotopic (exact) mass is 346 g/mol. The molecular weight excluding hydrogens is 328 g/mol. The Morgan fingerprint density at radius 3 is 2.59 bits per heavy atom.